The molecule has 0 unspecified atom stereocenters. The summed E-state index contributed by atoms with van der Waals surface area (Å²) in [6.45, 7) is 4.09. The second kappa shape index (κ2) is 6.59. The third kappa shape index (κ3) is 3.33. The van der Waals surface area contributed by atoms with Crippen molar-refractivity contribution in [2.24, 2.45) is 11.8 Å². The fraction of sp³-hybridized carbons (Fsp3) is 0.600. The van der Waals surface area contributed by atoms with Gasteiger partial charge in [-0.05, 0) is 24.0 Å². The number of pyridine rings is 1. The molecule has 0 aromatic carbocycles. The van der Waals surface area contributed by atoms with Crippen molar-refractivity contribution in [1.29, 1.82) is 0 Å². The van der Waals surface area contributed by atoms with E-state index in [0.717, 1.165) is 43.4 Å². The SMILES string of the molecule is O=C(CCSCc1ccccn1)N1C[C@H]2CNC[C@H]2C1. The van der Waals surface area contributed by atoms with Gasteiger partial charge in [0.2, 0.25) is 5.91 Å². The number of carbonyl (C=O) groups excluding carboxylic acids is 1. The van der Waals surface area contributed by atoms with E-state index in [1.54, 1.807) is 11.8 Å². The van der Waals surface area contributed by atoms with Gasteiger partial charge in [-0.15, -0.1) is 0 Å². The lowest BCUT2D eigenvalue weighted by atomic mass is 10.0. The van der Waals surface area contributed by atoms with Gasteiger partial charge in [0.05, 0.1) is 5.69 Å². The number of hydrogen-bond donors (Lipinski definition) is 1. The Morgan fingerprint density at radius 1 is 1.35 bits per heavy atom. The Bertz CT molecular complexity index is 442. The number of rotatable bonds is 5. The van der Waals surface area contributed by atoms with Crippen LogP contribution < -0.4 is 5.32 Å². The molecule has 2 aliphatic heterocycles. The topological polar surface area (TPSA) is 45.2 Å². The average molecular weight is 291 g/mol. The van der Waals surface area contributed by atoms with Crippen LogP contribution in [0.4, 0.5) is 0 Å². The number of thioether (sulfide) groups is 1. The minimum Gasteiger partial charge on any atom is -0.342 e. The highest BCUT2D eigenvalue weighted by atomic mass is 32.2. The zero-order valence-corrected chi connectivity index (χ0v) is 12.4. The molecule has 2 aliphatic rings. The first-order chi connectivity index (χ1) is 9.83. The van der Waals surface area contributed by atoms with E-state index in [1.165, 1.54) is 0 Å². The summed E-state index contributed by atoms with van der Waals surface area (Å²) in [5, 5.41) is 3.41. The number of amides is 1. The molecule has 0 bridgehead atoms. The Morgan fingerprint density at radius 3 is 2.85 bits per heavy atom. The van der Waals surface area contributed by atoms with E-state index in [0.29, 0.717) is 24.2 Å². The van der Waals surface area contributed by atoms with Gasteiger partial charge in [-0.3, -0.25) is 9.78 Å². The predicted molar refractivity (Wildman–Crippen MR) is 81.4 cm³/mol. The van der Waals surface area contributed by atoms with Crippen molar-refractivity contribution < 1.29 is 4.79 Å². The number of nitrogens with zero attached hydrogens (tertiary/aromatic N) is 2. The predicted octanol–water partition coefficient (Wildman–Crippen LogP) is 1.38. The Kier molecular flexibility index (Phi) is 4.58. The summed E-state index contributed by atoms with van der Waals surface area (Å²) in [6, 6.07) is 5.96. The molecule has 2 atom stereocenters. The molecular weight excluding hydrogens is 270 g/mol. The Labute approximate surface area is 124 Å². The average Bonchev–Trinajstić information content (AvgIpc) is 3.05. The lowest BCUT2D eigenvalue weighted by molar-refractivity contribution is -0.129. The standard InChI is InChI=1S/C15H21N3OS/c19-15(18-9-12-7-16-8-13(12)10-18)4-6-20-11-14-3-1-2-5-17-14/h1-3,5,12-13,16H,4,6-11H2/t12-,13+. The van der Waals surface area contributed by atoms with E-state index < -0.39 is 0 Å². The fourth-order valence-electron chi connectivity index (χ4n) is 3.04. The van der Waals surface area contributed by atoms with E-state index >= 15 is 0 Å². The minimum atomic E-state index is 0.327. The number of likely N-dealkylation sites (tertiary alicyclic amines) is 1. The third-order valence-electron chi connectivity index (χ3n) is 4.18. The molecule has 108 valence electrons. The van der Waals surface area contributed by atoms with Gasteiger partial charge in [0.25, 0.3) is 0 Å². The normalized spacial score (nSPS) is 24.9. The second-order valence-corrected chi connectivity index (χ2v) is 6.71. The molecule has 1 amide bonds. The Morgan fingerprint density at radius 2 is 2.15 bits per heavy atom. The first-order valence-corrected chi connectivity index (χ1v) is 8.44. The maximum absolute atomic E-state index is 12.2. The van der Waals surface area contributed by atoms with Crippen LogP contribution in [0.1, 0.15) is 12.1 Å². The molecular formula is C15H21N3OS. The molecule has 0 aliphatic carbocycles. The fourth-order valence-corrected chi connectivity index (χ4v) is 3.88. The van der Waals surface area contributed by atoms with Gasteiger partial charge in [-0.25, -0.2) is 0 Å². The van der Waals surface area contributed by atoms with Gasteiger partial charge in [0.1, 0.15) is 0 Å². The van der Waals surface area contributed by atoms with Crippen molar-refractivity contribution >= 4 is 17.7 Å². The maximum atomic E-state index is 12.2. The largest absolute Gasteiger partial charge is 0.342 e. The van der Waals surface area contributed by atoms with Crippen LogP contribution in [0.15, 0.2) is 24.4 Å². The van der Waals surface area contributed by atoms with Crippen molar-refractivity contribution in [2.75, 3.05) is 31.9 Å². The Hall–Kier alpha value is -1.07. The van der Waals surface area contributed by atoms with Crippen LogP contribution in [0, 0.1) is 11.8 Å². The van der Waals surface area contributed by atoms with E-state index in [1.807, 2.05) is 24.4 Å². The summed E-state index contributed by atoms with van der Waals surface area (Å²) in [6.07, 6.45) is 2.47. The molecule has 20 heavy (non-hydrogen) atoms. The van der Waals surface area contributed by atoms with Gasteiger partial charge >= 0.3 is 0 Å². The van der Waals surface area contributed by atoms with Gasteiger partial charge in [0, 0.05) is 50.3 Å². The first kappa shape index (κ1) is 13.9. The number of fused-ring (bicyclic) bond motifs is 1. The highest BCUT2D eigenvalue weighted by Gasteiger charge is 2.37. The quantitative estimate of drug-likeness (QED) is 0.833. The monoisotopic (exact) mass is 291 g/mol. The molecule has 3 rings (SSSR count). The van der Waals surface area contributed by atoms with Crippen molar-refractivity contribution in [1.82, 2.24) is 15.2 Å². The number of carbonyl (C=O) groups is 1. The van der Waals surface area contributed by atoms with E-state index in [2.05, 4.69) is 15.2 Å². The van der Waals surface area contributed by atoms with Crippen molar-refractivity contribution in [3.05, 3.63) is 30.1 Å². The summed E-state index contributed by atoms with van der Waals surface area (Å²) >= 11 is 1.79. The molecule has 5 heteroatoms. The Balaban J connectivity index is 1.35. The molecule has 2 saturated heterocycles. The van der Waals surface area contributed by atoms with E-state index in [-0.39, 0.29) is 0 Å². The molecule has 0 saturated carbocycles. The number of aromatic nitrogens is 1. The van der Waals surface area contributed by atoms with Crippen LogP contribution in [0.5, 0.6) is 0 Å². The maximum Gasteiger partial charge on any atom is 0.223 e. The zero-order valence-electron chi connectivity index (χ0n) is 11.6. The van der Waals surface area contributed by atoms with Crippen LogP contribution >= 0.6 is 11.8 Å². The molecule has 1 aromatic rings. The summed E-state index contributed by atoms with van der Waals surface area (Å²) in [5.74, 6) is 3.50. The van der Waals surface area contributed by atoms with Crippen LogP contribution in [0.25, 0.3) is 0 Å². The lowest BCUT2D eigenvalue weighted by Crippen LogP contribution is -2.32. The van der Waals surface area contributed by atoms with Crippen LogP contribution in [-0.2, 0) is 10.5 Å². The lowest BCUT2D eigenvalue weighted by Gasteiger charge is -2.17. The first-order valence-electron chi connectivity index (χ1n) is 7.29. The molecule has 1 aromatic heterocycles. The minimum absolute atomic E-state index is 0.327. The highest BCUT2D eigenvalue weighted by Crippen LogP contribution is 2.26. The number of nitrogens with one attached hydrogen (secondary N) is 1. The number of hydrogen-bond acceptors (Lipinski definition) is 4. The summed E-state index contributed by atoms with van der Waals surface area (Å²) in [5.41, 5.74) is 1.09. The van der Waals surface area contributed by atoms with Crippen molar-refractivity contribution in [2.45, 2.75) is 12.2 Å². The zero-order chi connectivity index (χ0) is 13.8. The van der Waals surface area contributed by atoms with E-state index in [4.69, 9.17) is 0 Å². The van der Waals surface area contributed by atoms with Gasteiger partial charge in [-0.1, -0.05) is 6.07 Å². The molecule has 4 nitrogen and oxygen atoms in total. The third-order valence-corrected chi connectivity index (χ3v) is 5.17. The van der Waals surface area contributed by atoms with Crippen LogP contribution in [0.3, 0.4) is 0 Å². The van der Waals surface area contributed by atoms with Gasteiger partial charge in [0.15, 0.2) is 0 Å². The molecule has 3 heterocycles. The summed E-state index contributed by atoms with van der Waals surface area (Å²) in [7, 11) is 0. The molecule has 0 spiro atoms. The highest BCUT2D eigenvalue weighted by molar-refractivity contribution is 7.98. The smallest absolute Gasteiger partial charge is 0.223 e. The van der Waals surface area contributed by atoms with Crippen molar-refractivity contribution in [3.63, 3.8) is 0 Å². The van der Waals surface area contributed by atoms with Crippen molar-refractivity contribution in [3.8, 4) is 0 Å². The summed E-state index contributed by atoms with van der Waals surface area (Å²) in [4.78, 5) is 18.5. The van der Waals surface area contributed by atoms with E-state index in [9.17, 15) is 4.79 Å². The molecule has 1 N–H and O–H groups in total. The van der Waals surface area contributed by atoms with Crippen LogP contribution in [-0.4, -0.2) is 47.7 Å². The molecule has 0 radical (unpaired) electrons. The van der Waals surface area contributed by atoms with Gasteiger partial charge < -0.3 is 10.2 Å². The second-order valence-electron chi connectivity index (χ2n) is 5.60. The van der Waals surface area contributed by atoms with Crippen LogP contribution in [0.2, 0.25) is 0 Å². The summed E-state index contributed by atoms with van der Waals surface area (Å²) < 4.78 is 0. The van der Waals surface area contributed by atoms with Gasteiger partial charge in [-0.2, -0.15) is 11.8 Å². The molecule has 2 fully saturated rings.